The Kier molecular flexibility index (Phi) is 6.04. The molecule has 0 fully saturated rings. The number of hydrogen-bond donors (Lipinski definition) is 0. The molecule has 2 heterocycles. The summed E-state index contributed by atoms with van der Waals surface area (Å²) >= 11 is 0. The Labute approximate surface area is 191 Å². The maximum absolute atomic E-state index is 13.7. The molecule has 4 aromatic rings. The summed E-state index contributed by atoms with van der Waals surface area (Å²) in [6.45, 7) is 1.99. The second kappa shape index (κ2) is 9.42. The van der Waals surface area contributed by atoms with Gasteiger partial charge in [-0.3, -0.25) is 4.90 Å². The minimum absolute atomic E-state index is 0.227. The molecule has 0 saturated carbocycles. The molecule has 166 valence electrons. The van der Waals surface area contributed by atoms with Gasteiger partial charge in [0.1, 0.15) is 11.6 Å². The van der Waals surface area contributed by atoms with E-state index in [4.69, 9.17) is 0 Å². The fourth-order valence-electron chi connectivity index (χ4n) is 4.29. The molecule has 0 aliphatic carbocycles. The van der Waals surface area contributed by atoms with Crippen LogP contribution in [0.4, 0.5) is 8.78 Å². The van der Waals surface area contributed by atoms with Crippen molar-refractivity contribution in [2.75, 3.05) is 13.1 Å². The summed E-state index contributed by atoms with van der Waals surface area (Å²) in [5.74, 6) is 0.195. The predicted octanol–water partition coefficient (Wildman–Crippen LogP) is 4.88. The Balaban J connectivity index is 1.46. The quantitative estimate of drug-likeness (QED) is 0.426. The van der Waals surface area contributed by atoms with Crippen LogP contribution in [0.15, 0.2) is 84.9 Å². The van der Waals surface area contributed by atoms with Crippen LogP contribution in [0.2, 0.25) is 0 Å². The Morgan fingerprint density at radius 1 is 0.848 bits per heavy atom. The fourth-order valence-corrected chi connectivity index (χ4v) is 4.29. The van der Waals surface area contributed by atoms with E-state index < -0.39 is 0 Å². The summed E-state index contributed by atoms with van der Waals surface area (Å²) in [6, 6.07) is 22.9. The van der Waals surface area contributed by atoms with Crippen molar-refractivity contribution in [1.82, 2.24) is 25.1 Å². The van der Waals surface area contributed by atoms with Crippen LogP contribution in [0.5, 0.6) is 0 Å². The molecule has 0 saturated heterocycles. The molecule has 0 spiro atoms. The number of nitrogens with zero attached hydrogens (tertiary/aromatic N) is 5. The first-order valence-electron chi connectivity index (χ1n) is 10.9. The third-order valence-corrected chi connectivity index (χ3v) is 5.99. The SMILES string of the molecule is Fc1ccc(C2=CCN(C(c3ccc(F)cc3)c3nnnn3Cc3ccccc3)CC2)cc1. The van der Waals surface area contributed by atoms with Crippen molar-refractivity contribution in [2.45, 2.75) is 19.0 Å². The summed E-state index contributed by atoms with van der Waals surface area (Å²) in [5, 5.41) is 12.6. The molecule has 1 atom stereocenters. The van der Waals surface area contributed by atoms with E-state index in [-0.39, 0.29) is 17.7 Å². The molecular weight excluding hydrogens is 420 g/mol. The van der Waals surface area contributed by atoms with Crippen molar-refractivity contribution in [1.29, 1.82) is 0 Å². The van der Waals surface area contributed by atoms with Gasteiger partial charge in [0, 0.05) is 13.1 Å². The van der Waals surface area contributed by atoms with Gasteiger partial charge >= 0.3 is 0 Å². The maximum Gasteiger partial charge on any atom is 0.173 e. The van der Waals surface area contributed by atoms with Crippen molar-refractivity contribution in [3.63, 3.8) is 0 Å². The average molecular weight is 444 g/mol. The Morgan fingerprint density at radius 3 is 2.21 bits per heavy atom. The smallest absolute Gasteiger partial charge is 0.173 e. The van der Waals surface area contributed by atoms with Crippen LogP contribution < -0.4 is 0 Å². The zero-order valence-corrected chi connectivity index (χ0v) is 18.0. The molecule has 1 aliphatic heterocycles. The lowest BCUT2D eigenvalue weighted by atomic mass is 9.96. The lowest BCUT2D eigenvalue weighted by molar-refractivity contribution is 0.235. The summed E-state index contributed by atoms with van der Waals surface area (Å²) in [5.41, 5.74) is 4.25. The summed E-state index contributed by atoms with van der Waals surface area (Å²) in [4.78, 5) is 2.29. The number of hydrogen-bond acceptors (Lipinski definition) is 4. The number of benzene rings is 3. The van der Waals surface area contributed by atoms with Gasteiger partial charge in [-0.05, 0) is 63.4 Å². The molecule has 1 unspecified atom stereocenters. The van der Waals surface area contributed by atoms with Gasteiger partial charge in [0.05, 0.1) is 12.6 Å². The molecular formula is C26H23F2N5. The lowest BCUT2D eigenvalue weighted by Crippen LogP contribution is -2.35. The summed E-state index contributed by atoms with van der Waals surface area (Å²) in [7, 11) is 0. The van der Waals surface area contributed by atoms with Gasteiger partial charge in [-0.25, -0.2) is 13.5 Å². The first kappa shape index (κ1) is 21.2. The first-order valence-corrected chi connectivity index (χ1v) is 10.9. The Morgan fingerprint density at radius 2 is 1.55 bits per heavy atom. The molecule has 1 aliphatic rings. The van der Waals surface area contributed by atoms with E-state index in [9.17, 15) is 8.78 Å². The molecule has 0 amide bonds. The van der Waals surface area contributed by atoms with Gasteiger partial charge in [0.25, 0.3) is 0 Å². The Bertz CT molecular complexity index is 1230. The molecule has 0 N–H and O–H groups in total. The van der Waals surface area contributed by atoms with Gasteiger partial charge in [0.2, 0.25) is 0 Å². The molecule has 0 bridgehead atoms. The third kappa shape index (κ3) is 4.73. The molecule has 33 heavy (non-hydrogen) atoms. The van der Waals surface area contributed by atoms with Crippen LogP contribution >= 0.6 is 0 Å². The van der Waals surface area contributed by atoms with E-state index in [2.05, 4.69) is 26.5 Å². The number of aromatic nitrogens is 4. The zero-order valence-electron chi connectivity index (χ0n) is 18.0. The summed E-state index contributed by atoms with van der Waals surface area (Å²) in [6.07, 6.45) is 2.97. The highest BCUT2D eigenvalue weighted by atomic mass is 19.1. The minimum atomic E-state index is -0.279. The average Bonchev–Trinajstić information content (AvgIpc) is 3.30. The first-order chi connectivity index (χ1) is 16.2. The van der Waals surface area contributed by atoms with Crippen LogP contribution in [-0.2, 0) is 6.54 Å². The maximum atomic E-state index is 13.7. The second-order valence-corrected chi connectivity index (χ2v) is 8.12. The van der Waals surface area contributed by atoms with Crippen molar-refractivity contribution >= 4 is 5.57 Å². The van der Waals surface area contributed by atoms with Crippen LogP contribution in [0.1, 0.15) is 35.0 Å². The standard InChI is InChI=1S/C26H23F2N5/c27-23-10-6-20(7-11-23)21-14-16-32(17-15-21)25(22-8-12-24(28)13-9-22)26-29-30-31-33(26)18-19-4-2-1-3-5-19/h1-14,25H,15-18H2. The third-order valence-electron chi connectivity index (χ3n) is 5.99. The highest BCUT2D eigenvalue weighted by Gasteiger charge is 2.29. The number of halogens is 2. The number of tetrazole rings is 1. The predicted molar refractivity (Wildman–Crippen MR) is 122 cm³/mol. The lowest BCUT2D eigenvalue weighted by Gasteiger charge is -2.33. The topological polar surface area (TPSA) is 46.8 Å². The molecule has 1 aromatic heterocycles. The molecule has 0 radical (unpaired) electrons. The van der Waals surface area contributed by atoms with Crippen LogP contribution in [0.25, 0.3) is 5.57 Å². The van der Waals surface area contributed by atoms with E-state index in [0.29, 0.717) is 18.9 Å². The van der Waals surface area contributed by atoms with E-state index >= 15 is 0 Å². The van der Waals surface area contributed by atoms with E-state index in [1.165, 1.54) is 29.8 Å². The van der Waals surface area contributed by atoms with Crippen LogP contribution in [0.3, 0.4) is 0 Å². The molecule has 7 heteroatoms. The van der Waals surface area contributed by atoms with Crippen molar-refractivity contribution in [2.24, 2.45) is 0 Å². The van der Waals surface area contributed by atoms with Crippen molar-refractivity contribution in [3.05, 3.63) is 119 Å². The highest BCUT2D eigenvalue weighted by Crippen LogP contribution is 2.32. The molecule has 5 nitrogen and oxygen atoms in total. The van der Waals surface area contributed by atoms with Gasteiger partial charge in [-0.15, -0.1) is 5.10 Å². The monoisotopic (exact) mass is 443 g/mol. The Hall–Kier alpha value is -3.71. The van der Waals surface area contributed by atoms with Gasteiger partial charge in [0.15, 0.2) is 5.82 Å². The van der Waals surface area contributed by atoms with Crippen molar-refractivity contribution in [3.8, 4) is 0 Å². The van der Waals surface area contributed by atoms with E-state index in [0.717, 1.165) is 29.7 Å². The normalized spacial score (nSPS) is 15.3. The highest BCUT2D eigenvalue weighted by molar-refractivity contribution is 5.66. The van der Waals surface area contributed by atoms with Gasteiger partial charge < -0.3 is 0 Å². The largest absolute Gasteiger partial charge is 0.286 e. The fraction of sp³-hybridized carbons (Fsp3) is 0.192. The van der Waals surface area contributed by atoms with Gasteiger partial charge in [-0.2, -0.15) is 0 Å². The number of rotatable bonds is 6. The minimum Gasteiger partial charge on any atom is -0.286 e. The van der Waals surface area contributed by atoms with E-state index in [1.54, 1.807) is 12.1 Å². The van der Waals surface area contributed by atoms with Crippen molar-refractivity contribution < 1.29 is 8.78 Å². The van der Waals surface area contributed by atoms with E-state index in [1.807, 2.05) is 47.1 Å². The zero-order chi connectivity index (χ0) is 22.6. The molecule has 5 rings (SSSR count). The van der Waals surface area contributed by atoms with Gasteiger partial charge in [-0.1, -0.05) is 60.7 Å². The second-order valence-electron chi connectivity index (χ2n) is 8.12. The van der Waals surface area contributed by atoms with Crippen LogP contribution in [-0.4, -0.2) is 38.2 Å². The molecule has 3 aromatic carbocycles. The van der Waals surface area contributed by atoms with Crippen LogP contribution in [0, 0.1) is 11.6 Å². The summed E-state index contributed by atoms with van der Waals surface area (Å²) < 4.78 is 28.8.